The highest BCUT2D eigenvalue weighted by Crippen LogP contribution is 2.34. The molecule has 3 N–H and O–H groups in total. The fourth-order valence-corrected chi connectivity index (χ4v) is 2.96. The van der Waals surface area contributed by atoms with E-state index in [2.05, 4.69) is 47.1 Å². The predicted octanol–water partition coefficient (Wildman–Crippen LogP) is 1.48. The molecule has 0 aliphatic carbocycles. The summed E-state index contributed by atoms with van der Waals surface area (Å²) in [6.45, 7) is 5.94. The van der Waals surface area contributed by atoms with Crippen molar-refractivity contribution in [2.75, 3.05) is 26.8 Å². The molecule has 0 aromatic heterocycles. The average molecular weight is 333 g/mol. The Kier molecular flexibility index (Phi) is 6.34. The molecule has 0 saturated carbocycles. The number of benzene rings is 1. The van der Waals surface area contributed by atoms with Crippen LogP contribution in [0.5, 0.6) is 0 Å². The highest BCUT2D eigenvalue weighted by molar-refractivity contribution is 5.96. The van der Waals surface area contributed by atoms with Crippen LogP contribution in [0.15, 0.2) is 24.3 Å². The Balaban J connectivity index is 2.05. The molecule has 6 nitrogen and oxygen atoms in total. The zero-order valence-electron chi connectivity index (χ0n) is 14.6. The number of amides is 3. The van der Waals surface area contributed by atoms with Gasteiger partial charge in [0.25, 0.3) is 0 Å². The first-order chi connectivity index (χ1) is 11.5. The summed E-state index contributed by atoms with van der Waals surface area (Å²) >= 11 is 0. The van der Waals surface area contributed by atoms with E-state index in [1.165, 1.54) is 18.2 Å². The van der Waals surface area contributed by atoms with E-state index in [9.17, 15) is 9.59 Å². The minimum atomic E-state index is -0.493. The Bertz CT molecular complexity index is 565. The van der Waals surface area contributed by atoms with Gasteiger partial charge in [0.15, 0.2) is 0 Å². The molecular formula is C18H27N3O3. The van der Waals surface area contributed by atoms with Crippen LogP contribution in [0.25, 0.3) is 0 Å². The Morgan fingerprint density at radius 2 is 1.83 bits per heavy atom. The van der Waals surface area contributed by atoms with Crippen molar-refractivity contribution in [2.45, 2.75) is 38.1 Å². The largest absolute Gasteiger partial charge is 0.381 e. The van der Waals surface area contributed by atoms with Gasteiger partial charge in [0.1, 0.15) is 0 Å². The molecule has 0 unspecified atom stereocenters. The van der Waals surface area contributed by atoms with Gasteiger partial charge in [-0.25, -0.2) is 4.79 Å². The number of urea groups is 1. The lowest BCUT2D eigenvalue weighted by atomic mass is 9.74. The summed E-state index contributed by atoms with van der Waals surface area (Å²) in [7, 11) is 1.48. The fourth-order valence-electron chi connectivity index (χ4n) is 2.96. The third-order valence-electron chi connectivity index (χ3n) is 4.72. The molecule has 1 aliphatic rings. The molecule has 24 heavy (non-hydrogen) atoms. The number of nitrogens with one attached hydrogen (secondary N) is 3. The van der Waals surface area contributed by atoms with Crippen LogP contribution in [0.3, 0.4) is 0 Å². The minimum Gasteiger partial charge on any atom is -0.381 e. The first-order valence-corrected chi connectivity index (χ1v) is 8.38. The molecule has 1 saturated heterocycles. The predicted molar refractivity (Wildman–Crippen MR) is 93.0 cm³/mol. The Morgan fingerprint density at radius 1 is 1.21 bits per heavy atom. The van der Waals surface area contributed by atoms with Crippen molar-refractivity contribution in [3.63, 3.8) is 0 Å². The molecule has 1 aromatic carbocycles. The second kappa shape index (κ2) is 8.26. The molecule has 1 aromatic rings. The first kappa shape index (κ1) is 18.4. The van der Waals surface area contributed by atoms with Crippen LogP contribution < -0.4 is 16.0 Å². The number of aryl methyl sites for hydroxylation is 1. The van der Waals surface area contributed by atoms with Crippen LogP contribution in [0, 0.1) is 6.92 Å². The normalized spacial score (nSPS) is 17.8. The molecule has 132 valence electrons. The summed E-state index contributed by atoms with van der Waals surface area (Å²) in [6, 6.07) is 7.62. The number of carbonyl (C=O) groups excluding carboxylic acids is 2. The van der Waals surface area contributed by atoms with E-state index >= 15 is 0 Å². The van der Waals surface area contributed by atoms with Crippen LogP contribution in [0.2, 0.25) is 0 Å². The van der Waals surface area contributed by atoms with Crippen molar-refractivity contribution >= 4 is 11.9 Å². The van der Waals surface area contributed by atoms with Gasteiger partial charge in [-0.2, -0.15) is 0 Å². The number of hydrogen-bond donors (Lipinski definition) is 3. The molecule has 6 heteroatoms. The van der Waals surface area contributed by atoms with Crippen molar-refractivity contribution in [1.82, 2.24) is 16.0 Å². The van der Waals surface area contributed by atoms with Crippen molar-refractivity contribution < 1.29 is 14.3 Å². The Morgan fingerprint density at radius 3 is 2.42 bits per heavy atom. The maximum Gasteiger partial charge on any atom is 0.321 e. The van der Waals surface area contributed by atoms with Crippen LogP contribution in [-0.2, 0) is 14.9 Å². The molecule has 1 aliphatic heterocycles. The van der Waals surface area contributed by atoms with Crippen LogP contribution in [0.1, 0.15) is 30.9 Å². The Labute approximate surface area is 143 Å². The molecule has 1 fully saturated rings. The fraction of sp³-hybridized carbons (Fsp3) is 0.556. The minimum absolute atomic E-state index is 0.0481. The summed E-state index contributed by atoms with van der Waals surface area (Å²) in [5, 5.41) is 7.97. The zero-order chi connectivity index (χ0) is 17.6. The number of hydrogen-bond acceptors (Lipinski definition) is 4. The highest BCUT2D eigenvalue weighted by Gasteiger charge is 2.35. The van der Waals surface area contributed by atoms with Crippen LogP contribution in [0.4, 0.5) is 4.79 Å². The summed E-state index contributed by atoms with van der Waals surface area (Å²) < 4.78 is 5.53. The summed E-state index contributed by atoms with van der Waals surface area (Å²) in [6.07, 6.45) is 1.82. The van der Waals surface area contributed by atoms with Crippen LogP contribution in [-0.4, -0.2) is 44.8 Å². The van der Waals surface area contributed by atoms with Gasteiger partial charge in [0.2, 0.25) is 5.91 Å². The van der Waals surface area contributed by atoms with Gasteiger partial charge in [0, 0.05) is 32.2 Å². The molecule has 1 atom stereocenters. The van der Waals surface area contributed by atoms with Gasteiger partial charge in [-0.15, -0.1) is 0 Å². The molecule has 1 heterocycles. The second-order valence-electron chi connectivity index (χ2n) is 6.43. The molecular weight excluding hydrogens is 306 g/mol. The second-order valence-corrected chi connectivity index (χ2v) is 6.43. The molecule has 3 amide bonds. The lowest BCUT2D eigenvalue weighted by Crippen LogP contribution is -2.51. The molecule has 0 bridgehead atoms. The number of carbonyl (C=O) groups is 2. The van der Waals surface area contributed by atoms with E-state index in [0.717, 1.165) is 12.8 Å². The number of rotatable bonds is 5. The van der Waals surface area contributed by atoms with Gasteiger partial charge in [-0.1, -0.05) is 29.8 Å². The van der Waals surface area contributed by atoms with E-state index in [1.807, 2.05) is 0 Å². The SMILES string of the molecule is CNC(=O)NC(=O)[C@H](C)NCC1(c2ccc(C)cc2)CCOCC1. The topological polar surface area (TPSA) is 79.5 Å². The van der Waals surface area contributed by atoms with Gasteiger partial charge >= 0.3 is 6.03 Å². The third-order valence-corrected chi connectivity index (χ3v) is 4.72. The van der Waals surface area contributed by atoms with Crippen molar-refractivity contribution in [3.8, 4) is 0 Å². The van der Waals surface area contributed by atoms with E-state index in [1.54, 1.807) is 6.92 Å². The standard InChI is InChI=1S/C18H27N3O3/c1-13-4-6-15(7-5-13)18(8-10-24-11-9-18)12-20-14(2)16(22)21-17(23)19-3/h4-7,14,20H,8-12H2,1-3H3,(H2,19,21,22,23)/t14-/m0/s1. The average Bonchev–Trinajstić information content (AvgIpc) is 2.60. The first-order valence-electron chi connectivity index (χ1n) is 8.38. The molecule has 0 spiro atoms. The van der Waals surface area contributed by atoms with E-state index in [-0.39, 0.29) is 11.3 Å². The Hall–Kier alpha value is -1.92. The summed E-state index contributed by atoms with van der Waals surface area (Å²) in [5.74, 6) is -0.333. The van der Waals surface area contributed by atoms with Gasteiger partial charge in [-0.3, -0.25) is 10.1 Å². The third kappa shape index (κ3) is 4.55. The maximum absolute atomic E-state index is 12.0. The summed E-state index contributed by atoms with van der Waals surface area (Å²) in [5.41, 5.74) is 2.45. The lowest BCUT2D eigenvalue weighted by molar-refractivity contribution is -0.121. The lowest BCUT2D eigenvalue weighted by Gasteiger charge is -2.38. The van der Waals surface area contributed by atoms with E-state index < -0.39 is 12.1 Å². The quantitative estimate of drug-likeness (QED) is 0.762. The molecule has 0 radical (unpaired) electrons. The van der Waals surface area contributed by atoms with Crippen molar-refractivity contribution in [3.05, 3.63) is 35.4 Å². The van der Waals surface area contributed by atoms with E-state index in [4.69, 9.17) is 4.74 Å². The molecule has 2 rings (SSSR count). The van der Waals surface area contributed by atoms with Gasteiger partial charge in [-0.05, 0) is 32.3 Å². The van der Waals surface area contributed by atoms with Gasteiger partial charge in [0.05, 0.1) is 6.04 Å². The smallest absolute Gasteiger partial charge is 0.321 e. The van der Waals surface area contributed by atoms with Crippen molar-refractivity contribution in [2.24, 2.45) is 0 Å². The zero-order valence-corrected chi connectivity index (χ0v) is 14.6. The maximum atomic E-state index is 12.0. The number of ether oxygens (including phenoxy) is 1. The number of imide groups is 1. The monoisotopic (exact) mass is 333 g/mol. The summed E-state index contributed by atoms with van der Waals surface area (Å²) in [4.78, 5) is 23.3. The van der Waals surface area contributed by atoms with E-state index in [0.29, 0.717) is 19.8 Å². The van der Waals surface area contributed by atoms with Gasteiger partial charge < -0.3 is 15.4 Å². The van der Waals surface area contributed by atoms with Crippen LogP contribution >= 0.6 is 0 Å². The highest BCUT2D eigenvalue weighted by atomic mass is 16.5. The van der Waals surface area contributed by atoms with Crippen molar-refractivity contribution in [1.29, 1.82) is 0 Å².